The molecule has 3 nitrogen and oxygen atoms in total. The highest BCUT2D eigenvalue weighted by Gasteiger charge is 2.27. The molecule has 5 heteroatoms. The Balaban J connectivity index is 2.15. The summed E-state index contributed by atoms with van der Waals surface area (Å²) in [7, 11) is 1.55. The van der Waals surface area contributed by atoms with Crippen molar-refractivity contribution in [2.45, 2.75) is 6.42 Å². The first-order chi connectivity index (χ1) is 8.09. The monoisotopic (exact) mass is 241 g/mol. The number of carbonyl (C=O) groups is 1. The average molecular weight is 241 g/mol. The number of ether oxygens (including phenoxy) is 1. The number of halogens is 2. The lowest BCUT2D eigenvalue weighted by atomic mass is 10.1. The summed E-state index contributed by atoms with van der Waals surface area (Å²) in [6.07, 6.45) is 0.673. The molecule has 0 saturated carbocycles. The summed E-state index contributed by atoms with van der Waals surface area (Å²) in [6.45, 7) is 0.967. The molecular weight excluding hydrogens is 228 g/mol. The maximum Gasteiger partial charge on any atom is 0.232 e. The van der Waals surface area contributed by atoms with Gasteiger partial charge in [0, 0.05) is 25.4 Å². The molecule has 0 aromatic heterocycles. The van der Waals surface area contributed by atoms with Crippen LogP contribution in [0.3, 0.4) is 0 Å². The fourth-order valence-electron chi connectivity index (χ4n) is 1.82. The Hall–Kier alpha value is -1.49. The zero-order valence-electron chi connectivity index (χ0n) is 9.45. The molecule has 92 valence electrons. The van der Waals surface area contributed by atoms with Crippen LogP contribution >= 0.6 is 0 Å². The first-order valence-electron chi connectivity index (χ1n) is 5.40. The molecule has 1 unspecified atom stereocenters. The summed E-state index contributed by atoms with van der Waals surface area (Å²) in [5.74, 6) is -2.19. The fraction of sp³-hybridized carbons (Fsp3) is 0.417. The lowest BCUT2D eigenvalue weighted by Gasteiger charge is -2.20. The van der Waals surface area contributed by atoms with Gasteiger partial charge in [0.15, 0.2) is 11.6 Å². The first kappa shape index (κ1) is 12.0. The maximum atomic E-state index is 13.0. The Morgan fingerprint density at radius 2 is 2.18 bits per heavy atom. The third kappa shape index (κ3) is 2.44. The molecule has 1 heterocycles. The van der Waals surface area contributed by atoms with Gasteiger partial charge in [-0.15, -0.1) is 0 Å². The molecule has 0 N–H and O–H groups in total. The summed E-state index contributed by atoms with van der Waals surface area (Å²) in [6, 6.07) is 3.41. The summed E-state index contributed by atoms with van der Waals surface area (Å²) >= 11 is 0. The Labute approximate surface area is 98.0 Å². The van der Waals surface area contributed by atoms with E-state index in [0.29, 0.717) is 25.3 Å². The molecule has 1 saturated heterocycles. The van der Waals surface area contributed by atoms with Crippen molar-refractivity contribution >= 4 is 11.6 Å². The van der Waals surface area contributed by atoms with Gasteiger partial charge >= 0.3 is 0 Å². The lowest BCUT2D eigenvalue weighted by Crippen LogP contribution is -2.33. The molecule has 0 aliphatic carbocycles. The van der Waals surface area contributed by atoms with E-state index in [-0.39, 0.29) is 11.8 Å². The van der Waals surface area contributed by atoms with Crippen LogP contribution in [0.5, 0.6) is 0 Å². The van der Waals surface area contributed by atoms with E-state index in [2.05, 4.69) is 0 Å². The molecule has 1 aliphatic rings. The van der Waals surface area contributed by atoms with E-state index < -0.39 is 11.6 Å². The zero-order valence-corrected chi connectivity index (χ0v) is 9.45. The van der Waals surface area contributed by atoms with Crippen LogP contribution in [0.4, 0.5) is 14.5 Å². The van der Waals surface area contributed by atoms with Gasteiger partial charge in [-0.05, 0) is 18.6 Å². The first-order valence-corrected chi connectivity index (χ1v) is 5.40. The number of anilines is 1. The smallest absolute Gasteiger partial charge is 0.232 e. The predicted octanol–water partition coefficient (Wildman–Crippen LogP) is 1.96. The summed E-state index contributed by atoms with van der Waals surface area (Å²) in [5, 5.41) is 0. The topological polar surface area (TPSA) is 29.5 Å². The summed E-state index contributed by atoms with van der Waals surface area (Å²) < 4.78 is 30.9. The van der Waals surface area contributed by atoms with Gasteiger partial charge in [0.25, 0.3) is 0 Å². The zero-order chi connectivity index (χ0) is 12.4. The highest BCUT2D eigenvalue weighted by atomic mass is 19.2. The predicted molar refractivity (Wildman–Crippen MR) is 58.7 cm³/mol. The molecule has 1 fully saturated rings. The van der Waals surface area contributed by atoms with Gasteiger partial charge in [0.1, 0.15) is 0 Å². The van der Waals surface area contributed by atoms with Crippen molar-refractivity contribution in [1.29, 1.82) is 0 Å². The second-order valence-electron chi connectivity index (χ2n) is 4.06. The van der Waals surface area contributed by atoms with Crippen molar-refractivity contribution in [3.05, 3.63) is 29.8 Å². The number of nitrogens with zero attached hydrogens (tertiary/aromatic N) is 1. The van der Waals surface area contributed by atoms with E-state index in [1.807, 2.05) is 0 Å². The number of amides is 1. The minimum absolute atomic E-state index is 0.131. The average Bonchev–Trinajstić information content (AvgIpc) is 2.84. The molecular formula is C12H13F2NO2. The lowest BCUT2D eigenvalue weighted by molar-refractivity contribution is -0.122. The SMILES string of the molecule is CN(C(=O)C1CCOC1)c1ccc(F)c(F)c1. The van der Waals surface area contributed by atoms with Crippen molar-refractivity contribution in [2.24, 2.45) is 5.92 Å². The van der Waals surface area contributed by atoms with E-state index in [4.69, 9.17) is 4.74 Å². The second kappa shape index (κ2) is 4.79. The van der Waals surface area contributed by atoms with Crippen molar-refractivity contribution in [3.63, 3.8) is 0 Å². The van der Waals surface area contributed by atoms with Crippen molar-refractivity contribution < 1.29 is 18.3 Å². The Kier molecular flexibility index (Phi) is 3.38. The Bertz CT molecular complexity index is 431. The molecule has 0 bridgehead atoms. The minimum Gasteiger partial charge on any atom is -0.381 e. The maximum absolute atomic E-state index is 13.0. The number of rotatable bonds is 2. The van der Waals surface area contributed by atoms with Crippen LogP contribution in [0.2, 0.25) is 0 Å². The standard InChI is InChI=1S/C12H13F2NO2/c1-15(12(16)8-4-5-17-7-8)9-2-3-10(13)11(14)6-9/h2-3,6,8H,4-5,7H2,1H3. The van der Waals surface area contributed by atoms with E-state index in [1.54, 1.807) is 7.05 Å². The quantitative estimate of drug-likeness (QED) is 0.792. The number of benzene rings is 1. The molecule has 1 aliphatic heterocycles. The molecule has 1 atom stereocenters. The largest absolute Gasteiger partial charge is 0.381 e. The van der Waals surface area contributed by atoms with E-state index in [0.717, 1.165) is 12.1 Å². The molecule has 0 spiro atoms. The van der Waals surface area contributed by atoms with Crippen LogP contribution in [-0.4, -0.2) is 26.2 Å². The van der Waals surface area contributed by atoms with Gasteiger partial charge in [0.05, 0.1) is 12.5 Å². The van der Waals surface area contributed by atoms with Crippen LogP contribution in [0.15, 0.2) is 18.2 Å². The third-order valence-electron chi connectivity index (χ3n) is 2.90. The number of hydrogen-bond donors (Lipinski definition) is 0. The van der Waals surface area contributed by atoms with Gasteiger partial charge in [0.2, 0.25) is 5.91 Å². The third-order valence-corrected chi connectivity index (χ3v) is 2.90. The molecule has 2 rings (SSSR count). The van der Waals surface area contributed by atoms with Crippen LogP contribution in [0, 0.1) is 17.6 Å². The van der Waals surface area contributed by atoms with Gasteiger partial charge in [-0.2, -0.15) is 0 Å². The van der Waals surface area contributed by atoms with Gasteiger partial charge in [-0.3, -0.25) is 4.79 Å². The second-order valence-corrected chi connectivity index (χ2v) is 4.06. The van der Waals surface area contributed by atoms with Crippen LogP contribution in [0.25, 0.3) is 0 Å². The van der Waals surface area contributed by atoms with Gasteiger partial charge in [-0.1, -0.05) is 0 Å². The van der Waals surface area contributed by atoms with Gasteiger partial charge < -0.3 is 9.64 Å². The number of hydrogen-bond acceptors (Lipinski definition) is 2. The fourth-order valence-corrected chi connectivity index (χ4v) is 1.82. The molecule has 1 aromatic carbocycles. The highest BCUT2D eigenvalue weighted by Crippen LogP contribution is 2.21. The van der Waals surface area contributed by atoms with Crippen molar-refractivity contribution in [1.82, 2.24) is 0 Å². The van der Waals surface area contributed by atoms with Crippen molar-refractivity contribution in [3.8, 4) is 0 Å². The minimum atomic E-state index is -0.954. The number of carbonyl (C=O) groups excluding carboxylic acids is 1. The van der Waals surface area contributed by atoms with E-state index >= 15 is 0 Å². The van der Waals surface area contributed by atoms with Crippen molar-refractivity contribution in [2.75, 3.05) is 25.2 Å². The molecule has 1 aromatic rings. The van der Waals surface area contributed by atoms with E-state index in [9.17, 15) is 13.6 Å². The van der Waals surface area contributed by atoms with Crippen LogP contribution in [-0.2, 0) is 9.53 Å². The van der Waals surface area contributed by atoms with Crippen LogP contribution in [0.1, 0.15) is 6.42 Å². The van der Waals surface area contributed by atoms with E-state index in [1.165, 1.54) is 11.0 Å². The normalized spacial score (nSPS) is 19.4. The molecule has 17 heavy (non-hydrogen) atoms. The van der Waals surface area contributed by atoms with Gasteiger partial charge in [-0.25, -0.2) is 8.78 Å². The molecule has 0 radical (unpaired) electrons. The Morgan fingerprint density at radius 1 is 1.41 bits per heavy atom. The highest BCUT2D eigenvalue weighted by molar-refractivity contribution is 5.94. The van der Waals surface area contributed by atoms with Crippen LogP contribution < -0.4 is 4.90 Å². The summed E-state index contributed by atoms with van der Waals surface area (Å²) in [4.78, 5) is 13.3. The Morgan fingerprint density at radius 3 is 2.76 bits per heavy atom. The molecule has 1 amide bonds. The summed E-state index contributed by atoms with van der Waals surface area (Å²) in [5.41, 5.74) is 0.348.